The van der Waals surface area contributed by atoms with Gasteiger partial charge in [-0.15, -0.1) is 0 Å². The van der Waals surface area contributed by atoms with Crippen molar-refractivity contribution < 1.29 is 22.7 Å². The lowest BCUT2D eigenvalue weighted by Gasteiger charge is -2.30. The number of hydrogen-bond acceptors (Lipinski definition) is 7. The Morgan fingerprint density at radius 1 is 1.14 bits per heavy atom. The first-order chi connectivity index (χ1) is 17.2. The first kappa shape index (κ1) is 26.7. The second-order valence-electron chi connectivity index (χ2n) is 9.84. The largest absolute Gasteiger partial charge is 0.460 e. The number of rotatable bonds is 9. The first-order valence-electron chi connectivity index (χ1n) is 12.6. The minimum absolute atomic E-state index is 0.126. The van der Waals surface area contributed by atoms with Gasteiger partial charge >= 0.3 is 6.18 Å². The van der Waals surface area contributed by atoms with E-state index >= 15 is 0 Å². The van der Waals surface area contributed by atoms with E-state index in [-0.39, 0.29) is 11.0 Å². The predicted molar refractivity (Wildman–Crippen MR) is 133 cm³/mol. The molecule has 0 aromatic carbocycles. The second-order valence-corrected chi connectivity index (χ2v) is 10.9. The minimum atomic E-state index is -4.34. The second kappa shape index (κ2) is 12.3. The van der Waals surface area contributed by atoms with Gasteiger partial charge < -0.3 is 9.64 Å². The number of hydrogen-bond donors (Lipinski definition) is 0. The number of alkyl halides is 3. The number of nitrogens with zero attached hydrogens (tertiary/aromatic N) is 4. The molecule has 2 aromatic rings. The van der Waals surface area contributed by atoms with Crippen molar-refractivity contribution in [3.63, 3.8) is 0 Å². The van der Waals surface area contributed by atoms with E-state index in [1.165, 1.54) is 11.3 Å². The molecule has 1 fully saturated rings. The molecule has 0 N–H and O–H groups in total. The van der Waals surface area contributed by atoms with Gasteiger partial charge in [-0.2, -0.15) is 13.2 Å². The van der Waals surface area contributed by atoms with Crippen molar-refractivity contribution in [3.05, 3.63) is 40.4 Å². The van der Waals surface area contributed by atoms with E-state index in [9.17, 15) is 18.0 Å². The van der Waals surface area contributed by atoms with Gasteiger partial charge in [0.1, 0.15) is 5.82 Å². The van der Waals surface area contributed by atoms with Crippen molar-refractivity contribution in [1.29, 1.82) is 0 Å². The molecule has 10 heteroatoms. The zero-order valence-corrected chi connectivity index (χ0v) is 21.4. The number of carbonyl (C=O) groups is 1. The topological polar surface area (TPSA) is 68.2 Å². The van der Waals surface area contributed by atoms with Gasteiger partial charge in [-0.05, 0) is 63.1 Å². The summed E-state index contributed by atoms with van der Waals surface area (Å²) >= 11 is 1.25. The third-order valence-corrected chi connectivity index (χ3v) is 8.08. The maximum atomic E-state index is 12.4. The minimum Gasteiger partial charge on any atom is -0.460 e. The van der Waals surface area contributed by atoms with Gasteiger partial charge in [0.15, 0.2) is 12.4 Å². The number of aryl methyl sites for hydroxylation is 1. The fourth-order valence-electron chi connectivity index (χ4n) is 4.93. The highest BCUT2D eigenvalue weighted by atomic mass is 32.1. The molecule has 0 unspecified atom stereocenters. The van der Waals surface area contributed by atoms with E-state index in [4.69, 9.17) is 4.74 Å². The van der Waals surface area contributed by atoms with Crippen LogP contribution in [0.15, 0.2) is 18.5 Å². The number of allylic oxidation sites excluding steroid dienone is 1. The van der Waals surface area contributed by atoms with Crippen LogP contribution in [0.4, 0.5) is 13.2 Å². The summed E-state index contributed by atoms with van der Waals surface area (Å²) in [6, 6.07) is 0. The van der Waals surface area contributed by atoms with Crippen LogP contribution in [0.1, 0.15) is 60.5 Å². The average molecular weight is 523 g/mol. The summed E-state index contributed by atoms with van der Waals surface area (Å²) in [5.41, 5.74) is 1.72. The summed E-state index contributed by atoms with van der Waals surface area (Å²) in [6.07, 6.45) is 10.4. The van der Waals surface area contributed by atoms with Crippen molar-refractivity contribution in [2.24, 2.45) is 11.8 Å². The van der Waals surface area contributed by atoms with E-state index in [0.717, 1.165) is 80.7 Å². The molecule has 0 radical (unpaired) electrons. The molecule has 0 bridgehead atoms. The first-order valence-corrected chi connectivity index (χ1v) is 13.4. The summed E-state index contributed by atoms with van der Waals surface area (Å²) in [5.74, 6) is 2.03. The third kappa shape index (κ3) is 8.37. The van der Waals surface area contributed by atoms with E-state index in [0.29, 0.717) is 24.1 Å². The number of ketones is 1. The van der Waals surface area contributed by atoms with E-state index in [1.54, 1.807) is 24.5 Å². The SMILES string of the molecule is Cc1ncc(/C=C/C(=O)CC2CCC(CCN3CCc4nc(OCC(F)(F)F)sc4CC3)CC2)cn1. The zero-order valence-electron chi connectivity index (χ0n) is 20.6. The average Bonchev–Trinajstić information content (AvgIpc) is 3.15. The number of fused-ring (bicyclic) bond motifs is 1. The Kier molecular flexibility index (Phi) is 9.11. The van der Waals surface area contributed by atoms with Gasteiger partial charge in [-0.25, -0.2) is 15.0 Å². The van der Waals surface area contributed by atoms with Crippen molar-refractivity contribution in [2.75, 3.05) is 26.2 Å². The van der Waals surface area contributed by atoms with Crippen LogP contribution in [0.2, 0.25) is 0 Å². The third-order valence-electron chi connectivity index (χ3n) is 7.01. The molecule has 36 heavy (non-hydrogen) atoms. The summed E-state index contributed by atoms with van der Waals surface area (Å²) in [5, 5.41) is 0.126. The Bertz CT molecular complexity index is 1010. The fourth-order valence-corrected chi connectivity index (χ4v) is 5.88. The van der Waals surface area contributed by atoms with Crippen LogP contribution in [0, 0.1) is 18.8 Å². The Morgan fingerprint density at radius 3 is 2.56 bits per heavy atom. The molecule has 3 heterocycles. The molecular formula is C26H33F3N4O2S. The predicted octanol–water partition coefficient (Wildman–Crippen LogP) is 5.45. The normalized spacial score (nSPS) is 21.3. The van der Waals surface area contributed by atoms with E-state index in [2.05, 4.69) is 19.9 Å². The van der Waals surface area contributed by atoms with Crippen molar-refractivity contribution in [3.8, 4) is 5.19 Å². The molecule has 0 amide bonds. The van der Waals surface area contributed by atoms with Crippen LogP contribution in [-0.4, -0.2) is 58.1 Å². The Balaban J connectivity index is 1.13. The molecule has 196 valence electrons. The molecular weight excluding hydrogens is 489 g/mol. The van der Waals surface area contributed by atoms with Crippen molar-refractivity contribution in [2.45, 2.75) is 64.5 Å². The van der Waals surface area contributed by atoms with Crippen LogP contribution in [0.3, 0.4) is 0 Å². The molecule has 6 nitrogen and oxygen atoms in total. The summed E-state index contributed by atoms with van der Waals surface area (Å²) in [6.45, 7) is 3.34. The lowest BCUT2D eigenvalue weighted by molar-refractivity contribution is -0.153. The standard InChI is InChI=1S/C26H33F3N4O2S/c1-18-30-15-21(16-31-18)6-7-22(34)14-20-4-2-19(3-5-20)8-11-33-12-9-23-24(10-13-33)36-25(32-23)35-17-26(27,28)29/h6-7,15-16,19-20H,2-5,8-14,17H2,1H3/b7-6+. The molecule has 0 atom stereocenters. The van der Waals surface area contributed by atoms with Crippen molar-refractivity contribution in [1.82, 2.24) is 19.9 Å². The highest BCUT2D eigenvalue weighted by Gasteiger charge is 2.30. The van der Waals surface area contributed by atoms with Crippen LogP contribution in [0.25, 0.3) is 6.08 Å². The molecule has 1 aliphatic carbocycles. The smallest absolute Gasteiger partial charge is 0.422 e. The quantitative estimate of drug-likeness (QED) is 0.408. The molecule has 1 saturated carbocycles. The molecule has 2 aromatic heterocycles. The Hall–Kier alpha value is -2.33. The van der Waals surface area contributed by atoms with E-state index in [1.807, 2.05) is 6.92 Å². The number of thiazole rings is 1. The summed E-state index contributed by atoms with van der Waals surface area (Å²) < 4.78 is 42.0. The Labute approximate surface area is 214 Å². The fraction of sp³-hybridized carbons (Fsp3) is 0.615. The summed E-state index contributed by atoms with van der Waals surface area (Å²) in [7, 11) is 0. The number of halogens is 3. The number of aromatic nitrogens is 3. The van der Waals surface area contributed by atoms with Crippen LogP contribution in [0.5, 0.6) is 5.19 Å². The lowest BCUT2D eigenvalue weighted by atomic mass is 9.78. The van der Waals surface area contributed by atoms with Crippen LogP contribution >= 0.6 is 11.3 Å². The van der Waals surface area contributed by atoms with Gasteiger partial charge in [-0.3, -0.25) is 4.79 Å². The summed E-state index contributed by atoms with van der Waals surface area (Å²) in [4.78, 5) is 28.4. The maximum Gasteiger partial charge on any atom is 0.422 e. The van der Waals surface area contributed by atoms with Crippen LogP contribution < -0.4 is 4.74 Å². The van der Waals surface area contributed by atoms with Gasteiger partial charge in [0.25, 0.3) is 5.19 Å². The van der Waals surface area contributed by atoms with Crippen LogP contribution in [-0.2, 0) is 17.6 Å². The highest BCUT2D eigenvalue weighted by Crippen LogP contribution is 2.34. The van der Waals surface area contributed by atoms with E-state index < -0.39 is 12.8 Å². The van der Waals surface area contributed by atoms with Crippen molar-refractivity contribution >= 4 is 23.2 Å². The monoisotopic (exact) mass is 522 g/mol. The highest BCUT2D eigenvalue weighted by molar-refractivity contribution is 7.13. The lowest BCUT2D eigenvalue weighted by Crippen LogP contribution is -2.29. The van der Waals surface area contributed by atoms with Gasteiger partial charge in [0.05, 0.1) is 5.69 Å². The maximum absolute atomic E-state index is 12.4. The number of carbonyl (C=O) groups excluding carboxylic acids is 1. The molecule has 0 saturated heterocycles. The van der Waals surface area contributed by atoms with Gasteiger partial charge in [0.2, 0.25) is 0 Å². The molecule has 2 aliphatic rings. The molecule has 1 aliphatic heterocycles. The van der Waals surface area contributed by atoms with Gasteiger partial charge in [0, 0.05) is 48.8 Å². The van der Waals surface area contributed by atoms with Gasteiger partial charge in [-0.1, -0.05) is 24.2 Å². The Morgan fingerprint density at radius 2 is 1.83 bits per heavy atom. The molecule has 4 rings (SSSR count). The zero-order chi connectivity index (χ0) is 25.5. The number of ether oxygens (including phenoxy) is 1. The molecule has 0 spiro atoms.